The van der Waals surface area contributed by atoms with Gasteiger partial charge in [-0.3, -0.25) is 14.4 Å². The van der Waals surface area contributed by atoms with Gasteiger partial charge in [0, 0.05) is 32.4 Å². The first kappa shape index (κ1) is 33.2. The van der Waals surface area contributed by atoms with Crippen molar-refractivity contribution in [1.82, 2.24) is 15.6 Å². The summed E-state index contributed by atoms with van der Waals surface area (Å²) in [6.45, 7) is 13.1. The summed E-state index contributed by atoms with van der Waals surface area (Å²) in [5.41, 5.74) is 7.11. The van der Waals surface area contributed by atoms with Crippen LogP contribution in [0.2, 0.25) is 0 Å². The molecule has 240 valence electrons. The number of ketones is 1. The van der Waals surface area contributed by atoms with Gasteiger partial charge in [-0.2, -0.15) is 0 Å². The number of nitro groups is 1. The Morgan fingerprint density at radius 2 is 1.95 bits per heavy atom. The van der Waals surface area contributed by atoms with Crippen molar-refractivity contribution in [3.8, 4) is 0 Å². The molecular formula is C29H49BN6O7. The number of nitrogens with zero attached hydrogens (tertiary/aromatic N) is 3. The Bertz CT molecular complexity index is 1120. The standard InChI is InChI=1S/C29H49BN6O7/c1-17(2)13-25(30-42-24-16-20-15-23(28(20,4)5)29(24,6)43-30)33-26(39)19(9-7-11-32-27(31)34-36(40)41)14-22(38)21-10-8-12-35(21)18(3)37/h17,19-21,23-25H,7-16H2,1-6H3,(H,33,39)(H3,31,32,34)/t19-,20-,21+,23-,24-,25+,29+/m1/s1. The molecule has 13 nitrogen and oxygen atoms in total. The molecule has 5 aliphatic rings. The zero-order valence-electron chi connectivity index (χ0n) is 26.5. The van der Waals surface area contributed by atoms with Crippen LogP contribution in [0.15, 0.2) is 4.99 Å². The van der Waals surface area contributed by atoms with Crippen LogP contribution in [0.25, 0.3) is 0 Å². The molecule has 0 aromatic carbocycles. The van der Waals surface area contributed by atoms with E-state index in [1.165, 1.54) is 6.92 Å². The van der Waals surface area contributed by atoms with Gasteiger partial charge in [0.15, 0.2) is 10.8 Å². The molecule has 2 heterocycles. The van der Waals surface area contributed by atoms with Gasteiger partial charge < -0.3 is 25.3 Å². The second-order valence-corrected chi connectivity index (χ2v) is 14.1. The van der Waals surface area contributed by atoms with Gasteiger partial charge in [-0.25, -0.2) is 15.1 Å². The van der Waals surface area contributed by atoms with Crippen molar-refractivity contribution < 1.29 is 28.7 Å². The second-order valence-electron chi connectivity index (χ2n) is 14.1. The summed E-state index contributed by atoms with van der Waals surface area (Å²) in [4.78, 5) is 55.6. The van der Waals surface area contributed by atoms with Crippen molar-refractivity contribution >= 4 is 30.7 Å². The lowest BCUT2D eigenvalue weighted by Gasteiger charge is -2.64. The minimum Gasteiger partial charge on any atom is -0.404 e. The number of likely N-dealkylation sites (tertiary alicyclic amines) is 1. The Morgan fingerprint density at radius 3 is 2.58 bits per heavy atom. The first-order valence-corrected chi connectivity index (χ1v) is 15.8. The van der Waals surface area contributed by atoms with Gasteiger partial charge in [-0.1, -0.05) is 33.1 Å². The summed E-state index contributed by atoms with van der Waals surface area (Å²) in [6.07, 6.45) is 4.71. The zero-order valence-corrected chi connectivity index (χ0v) is 26.5. The number of nitrogens with one attached hydrogen (secondary N) is 2. The molecule has 2 bridgehead atoms. The molecule has 14 heteroatoms. The normalized spacial score (nSPS) is 30.8. The summed E-state index contributed by atoms with van der Waals surface area (Å²) in [7, 11) is -0.589. The lowest BCUT2D eigenvalue weighted by Crippen LogP contribution is -2.65. The molecule has 2 aliphatic heterocycles. The number of hydrogen-bond donors (Lipinski definition) is 3. The quantitative estimate of drug-likeness (QED) is 0.0710. The minimum absolute atomic E-state index is 0.0192. The van der Waals surface area contributed by atoms with Crippen LogP contribution in [0.1, 0.15) is 92.9 Å². The van der Waals surface area contributed by atoms with Gasteiger partial charge in [-0.15, -0.1) is 0 Å². The van der Waals surface area contributed by atoms with Crippen molar-refractivity contribution in [1.29, 1.82) is 0 Å². The van der Waals surface area contributed by atoms with Gasteiger partial charge in [0.2, 0.25) is 11.8 Å². The summed E-state index contributed by atoms with van der Waals surface area (Å²) >= 11 is 0. The van der Waals surface area contributed by atoms with Gasteiger partial charge in [-0.05, 0) is 75.0 Å². The van der Waals surface area contributed by atoms with Crippen molar-refractivity contribution in [2.24, 2.45) is 39.8 Å². The number of guanidine groups is 1. The van der Waals surface area contributed by atoms with Crippen LogP contribution in [0, 0.1) is 39.2 Å². The minimum atomic E-state index is -0.793. The second kappa shape index (κ2) is 13.1. The van der Waals surface area contributed by atoms with E-state index in [0.29, 0.717) is 44.1 Å². The summed E-state index contributed by atoms with van der Waals surface area (Å²) in [6, 6.07) is -0.531. The number of aliphatic imine (C=N–C) groups is 1. The highest BCUT2D eigenvalue weighted by atomic mass is 16.7. The third-order valence-corrected chi connectivity index (χ3v) is 10.4. The maximum Gasteiger partial charge on any atom is 0.481 e. The van der Waals surface area contributed by atoms with E-state index in [0.717, 1.165) is 19.3 Å². The van der Waals surface area contributed by atoms with E-state index in [1.54, 1.807) is 10.3 Å². The molecule has 2 saturated heterocycles. The van der Waals surface area contributed by atoms with E-state index in [9.17, 15) is 24.5 Å². The zero-order chi connectivity index (χ0) is 31.7. The molecule has 0 spiro atoms. The van der Waals surface area contributed by atoms with Crippen molar-refractivity contribution in [2.75, 3.05) is 13.1 Å². The lowest BCUT2D eigenvalue weighted by atomic mass is 9.43. The van der Waals surface area contributed by atoms with Crippen LogP contribution in [0.3, 0.4) is 0 Å². The average Bonchev–Trinajstić information content (AvgIpc) is 3.53. The third kappa shape index (κ3) is 7.16. The molecule has 0 unspecified atom stereocenters. The number of amides is 2. The molecule has 0 aromatic heterocycles. The van der Waals surface area contributed by atoms with E-state index in [-0.39, 0.29) is 54.0 Å². The van der Waals surface area contributed by atoms with Gasteiger partial charge >= 0.3 is 7.12 Å². The fourth-order valence-electron chi connectivity index (χ4n) is 7.97. The smallest absolute Gasteiger partial charge is 0.404 e. The van der Waals surface area contributed by atoms with E-state index in [4.69, 9.17) is 15.0 Å². The molecule has 0 aromatic rings. The Kier molecular flexibility index (Phi) is 10.1. The van der Waals surface area contributed by atoms with Crippen LogP contribution >= 0.6 is 0 Å². The largest absolute Gasteiger partial charge is 0.481 e. The Labute approximate surface area is 254 Å². The van der Waals surface area contributed by atoms with Gasteiger partial charge in [0.25, 0.3) is 5.96 Å². The van der Waals surface area contributed by atoms with Crippen molar-refractivity contribution in [3.63, 3.8) is 0 Å². The number of rotatable bonds is 13. The number of carbonyl (C=O) groups excluding carboxylic acids is 3. The van der Waals surface area contributed by atoms with Crippen LogP contribution in [-0.2, 0) is 23.7 Å². The summed E-state index contributed by atoms with van der Waals surface area (Å²) in [5.74, 6) is -0.710. The molecular weight excluding hydrogens is 555 g/mol. The molecule has 3 saturated carbocycles. The molecule has 2 amide bonds. The Balaban J connectivity index is 1.47. The summed E-state index contributed by atoms with van der Waals surface area (Å²) in [5, 5.41) is 13.0. The van der Waals surface area contributed by atoms with E-state index in [2.05, 4.69) is 44.9 Å². The van der Waals surface area contributed by atoms with Gasteiger partial charge in [0.05, 0.1) is 23.7 Å². The molecule has 5 fully saturated rings. The molecule has 0 radical (unpaired) electrons. The Hall–Kier alpha value is -2.74. The van der Waals surface area contributed by atoms with Crippen LogP contribution in [0.4, 0.5) is 0 Å². The average molecular weight is 605 g/mol. The van der Waals surface area contributed by atoms with Crippen LogP contribution in [0.5, 0.6) is 0 Å². The van der Waals surface area contributed by atoms with E-state index >= 15 is 0 Å². The molecule has 43 heavy (non-hydrogen) atoms. The lowest BCUT2D eigenvalue weighted by molar-refractivity contribution is -0.525. The molecule has 7 atom stereocenters. The summed E-state index contributed by atoms with van der Waals surface area (Å²) < 4.78 is 13.2. The fraction of sp³-hybridized carbons (Fsp3) is 0.862. The fourth-order valence-corrected chi connectivity index (χ4v) is 7.97. The maximum absolute atomic E-state index is 13.9. The van der Waals surface area contributed by atoms with Crippen LogP contribution in [-0.4, -0.2) is 77.4 Å². The molecule has 3 aliphatic carbocycles. The maximum atomic E-state index is 13.9. The number of nitrogens with two attached hydrogens (primary N) is 1. The number of Topliss-reactive ketones (excluding diaryl/α,β-unsaturated/α-hetero) is 1. The highest BCUT2D eigenvalue weighted by Gasteiger charge is 2.68. The topological polar surface area (TPSA) is 178 Å². The number of hydrazine groups is 1. The number of hydrogen-bond acceptors (Lipinski definition) is 8. The SMILES string of the molecule is CC(=O)N1CCC[C@H]1C(=O)C[C@@H](CCCN=C(N)N[N+](=O)[O-])C(=O)N[C@@H](CC(C)C)B1O[C@@H]2C[C@H]3C[C@H](C3(C)C)[C@]2(C)O1. The number of carbonyl (C=O) groups is 3. The van der Waals surface area contributed by atoms with E-state index in [1.807, 2.05) is 0 Å². The highest BCUT2D eigenvalue weighted by Crippen LogP contribution is 2.65. The molecule has 4 N–H and O–H groups in total. The first-order valence-electron chi connectivity index (χ1n) is 15.8. The predicted molar refractivity (Wildman–Crippen MR) is 161 cm³/mol. The van der Waals surface area contributed by atoms with Crippen molar-refractivity contribution in [3.05, 3.63) is 10.1 Å². The van der Waals surface area contributed by atoms with Gasteiger partial charge in [0.1, 0.15) is 0 Å². The van der Waals surface area contributed by atoms with Crippen LogP contribution < -0.4 is 16.5 Å². The van der Waals surface area contributed by atoms with Crippen molar-refractivity contribution in [2.45, 2.75) is 117 Å². The monoisotopic (exact) mass is 604 g/mol. The third-order valence-electron chi connectivity index (χ3n) is 10.4. The Morgan fingerprint density at radius 1 is 1.23 bits per heavy atom. The van der Waals surface area contributed by atoms with E-state index < -0.39 is 35.7 Å². The first-order chi connectivity index (χ1) is 20.1. The predicted octanol–water partition coefficient (Wildman–Crippen LogP) is 2.25. The highest BCUT2D eigenvalue weighted by molar-refractivity contribution is 6.47. The molecule has 5 rings (SSSR count).